The summed E-state index contributed by atoms with van der Waals surface area (Å²) >= 11 is 0. The third kappa shape index (κ3) is 4.10. The quantitative estimate of drug-likeness (QED) is 0.896. The molecule has 0 unspecified atom stereocenters. The Morgan fingerprint density at radius 2 is 1.65 bits per heavy atom. The van der Waals surface area contributed by atoms with Gasteiger partial charge in [0.15, 0.2) is 0 Å². The van der Waals surface area contributed by atoms with Gasteiger partial charge in [-0.25, -0.2) is 0 Å². The maximum atomic E-state index is 12.5. The molecule has 2 aliphatic heterocycles. The zero-order chi connectivity index (χ0) is 16.1. The molecule has 3 rings (SSSR count). The van der Waals surface area contributed by atoms with Crippen molar-refractivity contribution in [1.82, 2.24) is 14.7 Å². The Bertz CT molecular complexity index is 492. The minimum atomic E-state index is 0.164. The van der Waals surface area contributed by atoms with Gasteiger partial charge in [0.05, 0.1) is 6.61 Å². The number of hydrogen-bond donors (Lipinski definition) is 1. The van der Waals surface area contributed by atoms with Crippen molar-refractivity contribution >= 4 is 5.91 Å². The molecule has 2 heterocycles. The second-order valence-corrected chi connectivity index (χ2v) is 6.49. The molecule has 0 saturated carbocycles. The highest BCUT2D eigenvalue weighted by Gasteiger charge is 2.29. The Morgan fingerprint density at radius 1 is 1.00 bits per heavy atom. The summed E-state index contributed by atoms with van der Waals surface area (Å²) in [7, 11) is 0. The van der Waals surface area contributed by atoms with Crippen LogP contribution in [-0.4, -0.2) is 84.2 Å². The number of benzene rings is 1. The van der Waals surface area contributed by atoms with Crippen molar-refractivity contribution in [3.05, 3.63) is 35.9 Å². The van der Waals surface area contributed by atoms with Gasteiger partial charge in [0, 0.05) is 57.4 Å². The average molecular weight is 317 g/mol. The number of amides is 1. The van der Waals surface area contributed by atoms with Crippen molar-refractivity contribution in [3.63, 3.8) is 0 Å². The van der Waals surface area contributed by atoms with Crippen LogP contribution < -0.4 is 0 Å². The number of likely N-dealkylation sites (tertiary alicyclic amines) is 1. The summed E-state index contributed by atoms with van der Waals surface area (Å²) < 4.78 is 0. The average Bonchev–Trinajstić information content (AvgIpc) is 2.63. The normalized spacial score (nSPS) is 21.5. The lowest BCUT2D eigenvalue weighted by atomic mass is 10.0. The van der Waals surface area contributed by atoms with E-state index in [0.717, 1.165) is 64.2 Å². The molecule has 126 valence electrons. The molecule has 1 aromatic rings. The number of piperidine rings is 1. The van der Waals surface area contributed by atoms with Gasteiger partial charge < -0.3 is 10.0 Å². The molecule has 0 bridgehead atoms. The second-order valence-electron chi connectivity index (χ2n) is 6.49. The van der Waals surface area contributed by atoms with Crippen LogP contribution in [0, 0.1) is 0 Å². The Balaban J connectivity index is 1.47. The van der Waals surface area contributed by atoms with Crippen LogP contribution in [-0.2, 0) is 0 Å². The molecule has 5 nitrogen and oxygen atoms in total. The minimum Gasteiger partial charge on any atom is -0.395 e. The maximum absolute atomic E-state index is 12.5. The van der Waals surface area contributed by atoms with Crippen molar-refractivity contribution in [1.29, 1.82) is 0 Å². The van der Waals surface area contributed by atoms with Crippen molar-refractivity contribution in [2.75, 3.05) is 52.4 Å². The van der Waals surface area contributed by atoms with Crippen LogP contribution in [0.1, 0.15) is 23.2 Å². The molecule has 0 spiro atoms. The van der Waals surface area contributed by atoms with Crippen molar-refractivity contribution in [2.45, 2.75) is 18.9 Å². The lowest BCUT2D eigenvalue weighted by Gasteiger charge is -2.42. The number of nitrogens with zero attached hydrogens (tertiary/aromatic N) is 3. The lowest BCUT2D eigenvalue weighted by Crippen LogP contribution is -2.54. The summed E-state index contributed by atoms with van der Waals surface area (Å²) in [6.07, 6.45) is 2.14. The number of hydrogen-bond acceptors (Lipinski definition) is 4. The number of aliphatic hydroxyl groups is 1. The molecule has 2 saturated heterocycles. The van der Waals surface area contributed by atoms with Crippen LogP contribution in [0.2, 0.25) is 0 Å². The van der Waals surface area contributed by atoms with Gasteiger partial charge in [-0.05, 0) is 25.0 Å². The fraction of sp³-hybridized carbons (Fsp3) is 0.611. The number of carbonyl (C=O) groups excluding carboxylic acids is 1. The van der Waals surface area contributed by atoms with Gasteiger partial charge in [0.25, 0.3) is 5.91 Å². The molecule has 0 atom stereocenters. The van der Waals surface area contributed by atoms with E-state index in [-0.39, 0.29) is 12.5 Å². The van der Waals surface area contributed by atoms with Crippen molar-refractivity contribution in [3.8, 4) is 0 Å². The molecule has 0 radical (unpaired) electrons. The number of aliphatic hydroxyl groups excluding tert-OH is 1. The van der Waals surface area contributed by atoms with E-state index in [9.17, 15) is 4.79 Å². The lowest BCUT2D eigenvalue weighted by molar-refractivity contribution is 0.0451. The van der Waals surface area contributed by atoms with E-state index >= 15 is 0 Å². The first kappa shape index (κ1) is 16.4. The molecule has 1 N–H and O–H groups in total. The summed E-state index contributed by atoms with van der Waals surface area (Å²) in [6.45, 7) is 7.00. The van der Waals surface area contributed by atoms with Crippen LogP contribution in [0.5, 0.6) is 0 Å². The van der Waals surface area contributed by atoms with Gasteiger partial charge in [-0.1, -0.05) is 18.2 Å². The molecule has 5 heteroatoms. The third-order valence-electron chi connectivity index (χ3n) is 5.11. The maximum Gasteiger partial charge on any atom is 0.253 e. The highest BCUT2D eigenvalue weighted by atomic mass is 16.3. The molecule has 2 fully saturated rings. The van der Waals surface area contributed by atoms with Crippen molar-refractivity contribution in [2.24, 2.45) is 0 Å². The van der Waals surface area contributed by atoms with E-state index in [0.29, 0.717) is 6.04 Å². The topological polar surface area (TPSA) is 47.0 Å². The van der Waals surface area contributed by atoms with E-state index in [2.05, 4.69) is 9.80 Å². The molecule has 0 aliphatic carbocycles. The Morgan fingerprint density at radius 3 is 2.26 bits per heavy atom. The van der Waals surface area contributed by atoms with Crippen LogP contribution in [0.4, 0.5) is 0 Å². The van der Waals surface area contributed by atoms with E-state index in [4.69, 9.17) is 5.11 Å². The van der Waals surface area contributed by atoms with Gasteiger partial charge >= 0.3 is 0 Å². The zero-order valence-corrected chi connectivity index (χ0v) is 13.7. The first-order valence-corrected chi connectivity index (χ1v) is 8.69. The predicted octanol–water partition coefficient (Wildman–Crippen LogP) is 0.901. The summed E-state index contributed by atoms with van der Waals surface area (Å²) in [6, 6.07) is 10.2. The second kappa shape index (κ2) is 7.90. The highest BCUT2D eigenvalue weighted by Crippen LogP contribution is 2.19. The standard InChI is InChI=1S/C18H27N3O2/c22-15-14-19-10-12-20(13-11-19)17-6-8-21(9-7-17)18(23)16-4-2-1-3-5-16/h1-5,17,22H,6-15H2. The van der Waals surface area contributed by atoms with E-state index in [1.807, 2.05) is 35.2 Å². The van der Waals surface area contributed by atoms with Crippen LogP contribution in [0.15, 0.2) is 30.3 Å². The number of carbonyl (C=O) groups is 1. The molecular formula is C18H27N3O2. The molecule has 2 aliphatic rings. The fourth-order valence-electron chi connectivity index (χ4n) is 3.69. The van der Waals surface area contributed by atoms with Gasteiger partial charge in [0.2, 0.25) is 0 Å². The largest absolute Gasteiger partial charge is 0.395 e. The SMILES string of the molecule is O=C(c1ccccc1)N1CCC(N2CCN(CCO)CC2)CC1. The third-order valence-corrected chi connectivity index (χ3v) is 5.11. The van der Waals surface area contributed by atoms with Gasteiger partial charge in [-0.15, -0.1) is 0 Å². The number of piperazine rings is 1. The number of rotatable bonds is 4. The minimum absolute atomic E-state index is 0.164. The van der Waals surface area contributed by atoms with Crippen LogP contribution >= 0.6 is 0 Å². The van der Waals surface area contributed by atoms with Crippen LogP contribution in [0.25, 0.3) is 0 Å². The van der Waals surface area contributed by atoms with Gasteiger partial charge in [-0.2, -0.15) is 0 Å². The molecule has 1 aromatic carbocycles. The van der Waals surface area contributed by atoms with E-state index in [1.165, 1.54) is 0 Å². The molecule has 1 amide bonds. The van der Waals surface area contributed by atoms with Gasteiger partial charge in [0.1, 0.15) is 0 Å². The Kier molecular flexibility index (Phi) is 5.65. The predicted molar refractivity (Wildman–Crippen MR) is 90.5 cm³/mol. The summed E-state index contributed by atoms with van der Waals surface area (Å²) in [5.41, 5.74) is 0.795. The summed E-state index contributed by atoms with van der Waals surface area (Å²) in [4.78, 5) is 19.4. The Labute approximate surface area is 138 Å². The first-order valence-electron chi connectivity index (χ1n) is 8.69. The highest BCUT2D eigenvalue weighted by molar-refractivity contribution is 5.94. The van der Waals surface area contributed by atoms with Crippen LogP contribution in [0.3, 0.4) is 0 Å². The number of β-amino-alcohol motifs (C(OH)–C–C–N with tert-alkyl or cyclic N) is 1. The van der Waals surface area contributed by atoms with Gasteiger partial charge in [-0.3, -0.25) is 14.6 Å². The molecular weight excluding hydrogens is 290 g/mol. The van der Waals surface area contributed by atoms with E-state index < -0.39 is 0 Å². The fourth-order valence-corrected chi connectivity index (χ4v) is 3.69. The molecule has 0 aromatic heterocycles. The van der Waals surface area contributed by atoms with Crippen molar-refractivity contribution < 1.29 is 9.90 Å². The monoisotopic (exact) mass is 317 g/mol. The first-order chi connectivity index (χ1) is 11.3. The summed E-state index contributed by atoms with van der Waals surface area (Å²) in [5.74, 6) is 0.164. The van der Waals surface area contributed by atoms with E-state index in [1.54, 1.807) is 0 Å². The Hall–Kier alpha value is -1.43. The molecule has 23 heavy (non-hydrogen) atoms. The zero-order valence-electron chi connectivity index (χ0n) is 13.7. The smallest absolute Gasteiger partial charge is 0.253 e. The summed E-state index contributed by atoms with van der Waals surface area (Å²) in [5, 5.41) is 9.02.